The molecule has 5 heteroatoms. The maximum Gasteiger partial charge on any atom is 0.175 e. The predicted molar refractivity (Wildman–Crippen MR) is 96.5 cm³/mol. The van der Waals surface area contributed by atoms with Gasteiger partial charge in [-0.25, -0.2) is 4.98 Å². The molecule has 0 spiro atoms. The highest BCUT2D eigenvalue weighted by Crippen LogP contribution is 2.18. The van der Waals surface area contributed by atoms with E-state index in [1.807, 2.05) is 42.5 Å². The summed E-state index contributed by atoms with van der Waals surface area (Å²) >= 11 is 5.35. The Kier molecular flexibility index (Phi) is 4.06. The second-order valence-electron chi connectivity index (χ2n) is 5.21. The van der Waals surface area contributed by atoms with Crippen molar-refractivity contribution in [2.45, 2.75) is 20.3 Å². The lowest BCUT2D eigenvalue weighted by molar-refractivity contribution is 1.00. The monoisotopic (exact) mass is 310 g/mol. The second kappa shape index (κ2) is 6.15. The van der Waals surface area contributed by atoms with E-state index < -0.39 is 0 Å². The molecule has 0 atom stereocenters. The largest absolute Gasteiger partial charge is 0.342 e. The summed E-state index contributed by atoms with van der Waals surface area (Å²) < 4.78 is 0. The topological polar surface area (TPSA) is 52.7 Å². The van der Waals surface area contributed by atoms with Crippen LogP contribution in [0.4, 0.5) is 11.4 Å². The van der Waals surface area contributed by atoms with Gasteiger partial charge in [0, 0.05) is 17.8 Å². The van der Waals surface area contributed by atoms with E-state index in [2.05, 4.69) is 34.4 Å². The molecular weight excluding hydrogens is 292 g/mol. The smallest absolute Gasteiger partial charge is 0.175 e. The number of benzene rings is 2. The van der Waals surface area contributed by atoms with Crippen LogP contribution >= 0.6 is 12.2 Å². The van der Waals surface area contributed by atoms with E-state index in [1.54, 1.807) is 0 Å². The molecule has 0 aliphatic heterocycles. The molecule has 0 bridgehead atoms. The minimum absolute atomic E-state index is 0.568. The fourth-order valence-electron chi connectivity index (χ4n) is 2.24. The molecule has 3 rings (SSSR count). The number of nitrogens with zero attached hydrogens (tertiary/aromatic N) is 1. The molecule has 3 aromatic rings. The van der Waals surface area contributed by atoms with Crippen molar-refractivity contribution in [2.75, 3.05) is 10.6 Å². The van der Waals surface area contributed by atoms with E-state index in [9.17, 15) is 0 Å². The Morgan fingerprint density at radius 3 is 2.50 bits per heavy atom. The molecule has 1 aromatic heterocycles. The van der Waals surface area contributed by atoms with Gasteiger partial charge in [-0.15, -0.1) is 0 Å². The van der Waals surface area contributed by atoms with E-state index >= 15 is 0 Å². The number of aryl methyl sites for hydroxylation is 2. The molecule has 1 heterocycles. The quantitative estimate of drug-likeness (QED) is 0.633. The molecule has 0 unspecified atom stereocenters. The number of fused-ring (bicyclic) bond motifs is 1. The Labute approximate surface area is 135 Å². The van der Waals surface area contributed by atoms with Gasteiger partial charge in [0.15, 0.2) is 5.11 Å². The van der Waals surface area contributed by atoms with E-state index in [0.717, 1.165) is 34.7 Å². The lowest BCUT2D eigenvalue weighted by Crippen LogP contribution is -2.18. The van der Waals surface area contributed by atoms with E-state index in [0.29, 0.717) is 5.11 Å². The predicted octanol–water partition coefficient (Wildman–Crippen LogP) is 4.24. The number of rotatable bonds is 3. The molecule has 0 aliphatic rings. The molecule has 0 radical (unpaired) electrons. The summed E-state index contributed by atoms with van der Waals surface area (Å²) in [6.07, 6.45) is 0.894. The fraction of sp³-hybridized carbons (Fsp3) is 0.176. The summed E-state index contributed by atoms with van der Waals surface area (Å²) in [6.45, 7) is 4.14. The van der Waals surface area contributed by atoms with E-state index in [1.165, 1.54) is 5.56 Å². The maximum absolute atomic E-state index is 5.35. The molecule has 0 saturated carbocycles. The van der Waals surface area contributed by atoms with Crippen LogP contribution in [-0.2, 0) is 6.42 Å². The highest BCUT2D eigenvalue weighted by molar-refractivity contribution is 7.80. The first kappa shape index (κ1) is 14.5. The van der Waals surface area contributed by atoms with Gasteiger partial charge in [0.2, 0.25) is 0 Å². The summed E-state index contributed by atoms with van der Waals surface area (Å²) in [6, 6.07) is 14.1. The summed E-state index contributed by atoms with van der Waals surface area (Å²) in [4.78, 5) is 7.80. The minimum Gasteiger partial charge on any atom is -0.342 e. The zero-order valence-corrected chi connectivity index (χ0v) is 13.4. The standard InChI is InChI=1S/C17H18N4S/c1-3-16-20-14-9-8-13(10-15(14)21-16)19-17(22)18-12-6-4-11(2)5-7-12/h4-10H,3H2,1-2H3,(H,20,21)(H2,18,19,22). The summed E-state index contributed by atoms with van der Waals surface area (Å²) in [5.41, 5.74) is 5.11. The lowest BCUT2D eigenvalue weighted by Gasteiger charge is -2.10. The first-order valence-corrected chi connectivity index (χ1v) is 7.68. The van der Waals surface area contributed by atoms with E-state index in [-0.39, 0.29) is 0 Å². The molecule has 0 fully saturated rings. The number of thiocarbonyl (C=S) groups is 1. The van der Waals surface area contributed by atoms with Crippen LogP contribution in [0.25, 0.3) is 11.0 Å². The third-order valence-corrected chi connectivity index (χ3v) is 3.64. The van der Waals surface area contributed by atoms with Gasteiger partial charge >= 0.3 is 0 Å². The van der Waals surface area contributed by atoms with Crippen LogP contribution in [0.5, 0.6) is 0 Å². The molecule has 4 nitrogen and oxygen atoms in total. The Morgan fingerprint density at radius 2 is 1.77 bits per heavy atom. The SMILES string of the molecule is CCc1nc2ccc(NC(=S)Nc3ccc(C)cc3)cc2[nH]1. The molecular formula is C17H18N4S. The summed E-state index contributed by atoms with van der Waals surface area (Å²) in [5.74, 6) is 0.993. The van der Waals surface area contributed by atoms with Crippen molar-refractivity contribution in [3.8, 4) is 0 Å². The zero-order valence-electron chi connectivity index (χ0n) is 12.6. The Hall–Kier alpha value is -2.40. The Balaban J connectivity index is 1.71. The number of aromatic amines is 1. The fourth-order valence-corrected chi connectivity index (χ4v) is 2.47. The van der Waals surface area contributed by atoms with Gasteiger partial charge in [0.25, 0.3) is 0 Å². The van der Waals surface area contributed by atoms with Gasteiger partial charge in [-0.05, 0) is 49.5 Å². The van der Waals surface area contributed by atoms with Crippen LogP contribution in [0.3, 0.4) is 0 Å². The zero-order chi connectivity index (χ0) is 15.5. The van der Waals surface area contributed by atoms with Crippen molar-refractivity contribution in [1.29, 1.82) is 0 Å². The number of H-pyrrole nitrogens is 1. The molecule has 3 N–H and O–H groups in total. The van der Waals surface area contributed by atoms with Crippen LogP contribution in [0.1, 0.15) is 18.3 Å². The molecule has 0 amide bonds. The van der Waals surface area contributed by atoms with Crippen LogP contribution < -0.4 is 10.6 Å². The van der Waals surface area contributed by atoms with Crippen LogP contribution in [0.2, 0.25) is 0 Å². The third-order valence-electron chi connectivity index (χ3n) is 3.43. The number of hydrogen-bond donors (Lipinski definition) is 3. The van der Waals surface area contributed by atoms with Crippen LogP contribution in [0.15, 0.2) is 42.5 Å². The molecule has 0 saturated heterocycles. The normalized spacial score (nSPS) is 10.6. The number of anilines is 2. The Morgan fingerprint density at radius 1 is 1.09 bits per heavy atom. The van der Waals surface area contributed by atoms with Crippen molar-refractivity contribution >= 4 is 39.7 Å². The van der Waals surface area contributed by atoms with Gasteiger partial charge in [0.05, 0.1) is 11.0 Å². The lowest BCUT2D eigenvalue weighted by atomic mass is 10.2. The summed E-state index contributed by atoms with van der Waals surface area (Å²) in [7, 11) is 0. The van der Waals surface area contributed by atoms with Gasteiger partial charge in [-0.2, -0.15) is 0 Å². The number of hydrogen-bond acceptors (Lipinski definition) is 2. The summed E-state index contributed by atoms with van der Waals surface area (Å²) in [5, 5.41) is 6.94. The van der Waals surface area contributed by atoms with Crippen molar-refractivity contribution in [3.63, 3.8) is 0 Å². The van der Waals surface area contributed by atoms with Crippen molar-refractivity contribution in [2.24, 2.45) is 0 Å². The number of nitrogens with one attached hydrogen (secondary N) is 3. The number of imidazole rings is 1. The average Bonchev–Trinajstić information content (AvgIpc) is 2.92. The first-order valence-electron chi connectivity index (χ1n) is 7.27. The molecule has 2 aromatic carbocycles. The van der Waals surface area contributed by atoms with Gasteiger partial charge in [-0.1, -0.05) is 24.6 Å². The van der Waals surface area contributed by atoms with Crippen molar-refractivity contribution < 1.29 is 0 Å². The van der Waals surface area contributed by atoms with Crippen molar-refractivity contribution in [3.05, 3.63) is 53.9 Å². The highest BCUT2D eigenvalue weighted by atomic mass is 32.1. The number of aromatic nitrogens is 2. The van der Waals surface area contributed by atoms with E-state index in [4.69, 9.17) is 12.2 Å². The van der Waals surface area contributed by atoms with Gasteiger partial charge in [0.1, 0.15) is 5.82 Å². The third kappa shape index (κ3) is 3.26. The molecule has 112 valence electrons. The first-order chi connectivity index (χ1) is 10.6. The maximum atomic E-state index is 5.35. The molecule has 0 aliphatic carbocycles. The highest BCUT2D eigenvalue weighted by Gasteiger charge is 2.04. The van der Waals surface area contributed by atoms with Crippen molar-refractivity contribution in [1.82, 2.24) is 9.97 Å². The average molecular weight is 310 g/mol. The van der Waals surface area contributed by atoms with Gasteiger partial charge < -0.3 is 15.6 Å². The Bertz CT molecular complexity index is 805. The van der Waals surface area contributed by atoms with Crippen LogP contribution in [0, 0.1) is 6.92 Å². The van der Waals surface area contributed by atoms with Crippen LogP contribution in [-0.4, -0.2) is 15.1 Å². The van der Waals surface area contributed by atoms with Gasteiger partial charge in [-0.3, -0.25) is 0 Å². The second-order valence-corrected chi connectivity index (χ2v) is 5.62. The minimum atomic E-state index is 0.568. The molecule has 22 heavy (non-hydrogen) atoms.